The summed E-state index contributed by atoms with van der Waals surface area (Å²) in [5.74, 6) is -1.03. The summed E-state index contributed by atoms with van der Waals surface area (Å²) in [6, 6.07) is 25.0. The lowest BCUT2D eigenvalue weighted by atomic mass is 10.2. The smallest absolute Gasteiger partial charge is 0.264 e. The van der Waals surface area contributed by atoms with Crippen LogP contribution in [-0.4, -0.2) is 39.6 Å². The molecule has 0 saturated heterocycles. The van der Waals surface area contributed by atoms with Gasteiger partial charge in [-0.3, -0.25) is 13.9 Å². The molecule has 4 rings (SSSR count). The lowest BCUT2D eigenvalue weighted by Gasteiger charge is -2.24. The second kappa shape index (κ2) is 13.9. The van der Waals surface area contributed by atoms with E-state index in [0.717, 1.165) is 9.87 Å². The number of hydrogen-bond donors (Lipinski definition) is 2. The van der Waals surface area contributed by atoms with Crippen LogP contribution >= 0.6 is 15.9 Å². The number of sulfonamides is 1. The molecule has 0 saturated carbocycles. The Labute approximate surface area is 251 Å². The highest BCUT2D eigenvalue weighted by molar-refractivity contribution is 9.10. The number of nitrogens with zero attached hydrogens (tertiary/aromatic N) is 2. The fraction of sp³-hybridized carbons (Fsp3) is 0.100. The molecule has 0 atom stereocenters. The molecule has 0 radical (unpaired) electrons. The number of benzene rings is 4. The summed E-state index contributed by atoms with van der Waals surface area (Å²) >= 11 is 3.35. The number of nitrogens with one attached hydrogen (secondary N) is 2. The number of rotatable bonds is 11. The summed E-state index contributed by atoms with van der Waals surface area (Å²) in [6.45, 7) is 1.10. The number of ether oxygens (including phenoxy) is 1. The lowest BCUT2D eigenvalue weighted by molar-refractivity contribution is -0.119. The zero-order valence-electron chi connectivity index (χ0n) is 22.3. The van der Waals surface area contributed by atoms with E-state index in [1.165, 1.54) is 42.6 Å². The van der Waals surface area contributed by atoms with Crippen molar-refractivity contribution in [3.63, 3.8) is 0 Å². The van der Waals surface area contributed by atoms with Crippen molar-refractivity contribution in [1.82, 2.24) is 5.43 Å². The van der Waals surface area contributed by atoms with E-state index in [-0.39, 0.29) is 11.5 Å². The fourth-order valence-electron chi connectivity index (χ4n) is 3.66. The number of anilines is 2. The van der Waals surface area contributed by atoms with E-state index < -0.39 is 34.2 Å². The third-order valence-electron chi connectivity index (χ3n) is 5.77. The van der Waals surface area contributed by atoms with Gasteiger partial charge in [0.05, 0.1) is 16.8 Å². The SMILES string of the molecule is Cc1ccc(S(=O)(=O)N(CC(=O)N/N=C\c2ccc(OCC(=O)Nc3ccc(F)cc3)cc2)c2cccc(Br)c2)cc1. The maximum absolute atomic E-state index is 13.5. The van der Waals surface area contributed by atoms with E-state index >= 15 is 0 Å². The van der Waals surface area contributed by atoms with E-state index in [4.69, 9.17) is 4.74 Å². The fourth-order valence-corrected chi connectivity index (χ4v) is 5.46. The first-order valence-corrected chi connectivity index (χ1v) is 14.8. The topological polar surface area (TPSA) is 117 Å². The van der Waals surface area contributed by atoms with Gasteiger partial charge in [0.1, 0.15) is 18.1 Å². The molecular formula is C30H26BrFN4O5S. The molecule has 4 aromatic carbocycles. The summed E-state index contributed by atoms with van der Waals surface area (Å²) in [5, 5.41) is 6.54. The minimum atomic E-state index is -4.05. The van der Waals surface area contributed by atoms with Crippen LogP contribution in [-0.2, 0) is 19.6 Å². The Bertz CT molecular complexity index is 1680. The maximum atomic E-state index is 13.5. The molecule has 2 amide bonds. The van der Waals surface area contributed by atoms with Gasteiger partial charge in [0.25, 0.3) is 21.8 Å². The van der Waals surface area contributed by atoms with Crippen molar-refractivity contribution in [2.75, 3.05) is 22.8 Å². The normalized spacial score (nSPS) is 11.2. The minimum Gasteiger partial charge on any atom is -0.484 e. The van der Waals surface area contributed by atoms with Gasteiger partial charge in [0, 0.05) is 10.2 Å². The molecule has 0 fully saturated rings. The number of halogens is 2. The molecule has 42 heavy (non-hydrogen) atoms. The Balaban J connectivity index is 1.35. The minimum absolute atomic E-state index is 0.0552. The Kier molecular flexibility index (Phi) is 10.0. The molecule has 9 nitrogen and oxygen atoms in total. The van der Waals surface area contributed by atoms with Crippen LogP contribution in [0.25, 0.3) is 0 Å². The van der Waals surface area contributed by atoms with E-state index in [1.807, 2.05) is 6.92 Å². The molecule has 0 heterocycles. The number of hydrogen-bond acceptors (Lipinski definition) is 6. The van der Waals surface area contributed by atoms with Crippen LogP contribution in [0.1, 0.15) is 11.1 Å². The average molecular weight is 654 g/mol. The first-order valence-electron chi connectivity index (χ1n) is 12.6. The zero-order chi connectivity index (χ0) is 30.1. The molecule has 0 aromatic heterocycles. The predicted octanol–water partition coefficient (Wildman–Crippen LogP) is 5.26. The van der Waals surface area contributed by atoms with Gasteiger partial charge in [-0.15, -0.1) is 0 Å². The molecule has 216 valence electrons. The van der Waals surface area contributed by atoms with Crippen molar-refractivity contribution in [3.05, 3.63) is 118 Å². The van der Waals surface area contributed by atoms with Crippen LogP contribution in [0.5, 0.6) is 5.75 Å². The highest BCUT2D eigenvalue weighted by Crippen LogP contribution is 2.26. The van der Waals surface area contributed by atoms with Crippen molar-refractivity contribution in [2.45, 2.75) is 11.8 Å². The van der Waals surface area contributed by atoms with Gasteiger partial charge >= 0.3 is 0 Å². The summed E-state index contributed by atoms with van der Waals surface area (Å²) < 4.78 is 47.0. The molecule has 0 unspecified atom stereocenters. The van der Waals surface area contributed by atoms with E-state index in [1.54, 1.807) is 60.7 Å². The first-order chi connectivity index (χ1) is 20.1. The second-order valence-corrected chi connectivity index (χ2v) is 11.8. The summed E-state index contributed by atoms with van der Waals surface area (Å²) in [5.41, 5.74) is 4.65. The Morgan fingerprint density at radius 3 is 2.31 bits per heavy atom. The van der Waals surface area contributed by atoms with Crippen LogP contribution in [0.4, 0.5) is 15.8 Å². The van der Waals surface area contributed by atoms with E-state index in [2.05, 4.69) is 31.8 Å². The first kappa shape index (κ1) is 30.4. The van der Waals surface area contributed by atoms with Gasteiger partial charge < -0.3 is 10.1 Å². The Morgan fingerprint density at radius 1 is 0.952 bits per heavy atom. The van der Waals surface area contributed by atoms with Gasteiger partial charge in [0.15, 0.2) is 6.61 Å². The third kappa shape index (κ3) is 8.48. The largest absolute Gasteiger partial charge is 0.484 e. The summed E-state index contributed by atoms with van der Waals surface area (Å²) in [6.07, 6.45) is 1.39. The molecule has 0 aliphatic heterocycles. The van der Waals surface area contributed by atoms with Crippen molar-refractivity contribution in [2.24, 2.45) is 5.10 Å². The molecule has 0 aliphatic rings. The van der Waals surface area contributed by atoms with Gasteiger partial charge in [-0.25, -0.2) is 18.2 Å². The van der Waals surface area contributed by atoms with Gasteiger partial charge in [0.2, 0.25) is 0 Å². The van der Waals surface area contributed by atoms with Crippen LogP contribution in [0.3, 0.4) is 0 Å². The van der Waals surface area contributed by atoms with Gasteiger partial charge in [-0.05, 0) is 91.3 Å². The number of carbonyl (C=O) groups is 2. The lowest BCUT2D eigenvalue weighted by Crippen LogP contribution is -2.39. The molecule has 4 aromatic rings. The standard InChI is InChI=1S/C30H26BrFN4O5S/c1-21-5-15-28(16-6-21)42(39,40)36(26-4-2-3-23(31)17-26)19-29(37)35-33-18-22-7-13-27(14-8-22)41-20-30(38)34-25-11-9-24(32)10-12-25/h2-18H,19-20H2,1H3,(H,34,38)(H,35,37)/b33-18-. The van der Waals surface area contributed by atoms with Crippen LogP contribution in [0.15, 0.2) is 112 Å². The number of hydrazone groups is 1. The summed E-state index contributed by atoms with van der Waals surface area (Å²) in [7, 11) is -4.05. The van der Waals surface area contributed by atoms with Gasteiger partial charge in [-0.1, -0.05) is 39.7 Å². The van der Waals surface area contributed by atoms with Crippen LogP contribution in [0.2, 0.25) is 0 Å². The molecule has 2 N–H and O–H groups in total. The van der Waals surface area contributed by atoms with Crippen LogP contribution < -0.4 is 19.8 Å². The van der Waals surface area contributed by atoms with Crippen molar-refractivity contribution >= 4 is 55.4 Å². The Morgan fingerprint density at radius 2 is 1.64 bits per heavy atom. The zero-order valence-corrected chi connectivity index (χ0v) is 24.7. The van der Waals surface area contributed by atoms with E-state index in [9.17, 15) is 22.4 Å². The quantitative estimate of drug-likeness (QED) is 0.169. The number of amides is 2. The average Bonchev–Trinajstić information content (AvgIpc) is 2.97. The second-order valence-electron chi connectivity index (χ2n) is 9.01. The molecule has 0 bridgehead atoms. The molecule has 0 aliphatic carbocycles. The van der Waals surface area contributed by atoms with Gasteiger partial charge in [-0.2, -0.15) is 5.10 Å². The highest BCUT2D eigenvalue weighted by Gasteiger charge is 2.27. The third-order valence-corrected chi connectivity index (χ3v) is 8.05. The van der Waals surface area contributed by atoms with Crippen LogP contribution in [0, 0.1) is 12.7 Å². The molecule has 12 heteroatoms. The van der Waals surface area contributed by atoms with Crippen molar-refractivity contribution in [1.29, 1.82) is 0 Å². The highest BCUT2D eigenvalue weighted by atomic mass is 79.9. The number of aryl methyl sites for hydroxylation is 1. The predicted molar refractivity (Wildman–Crippen MR) is 163 cm³/mol. The molecule has 0 spiro atoms. The van der Waals surface area contributed by atoms with Crippen molar-refractivity contribution < 1.29 is 27.1 Å². The summed E-state index contributed by atoms with van der Waals surface area (Å²) in [4.78, 5) is 24.9. The maximum Gasteiger partial charge on any atom is 0.264 e. The van der Waals surface area contributed by atoms with Crippen molar-refractivity contribution in [3.8, 4) is 5.75 Å². The van der Waals surface area contributed by atoms with E-state index in [0.29, 0.717) is 27.2 Å². The molecular weight excluding hydrogens is 627 g/mol. The number of carbonyl (C=O) groups excluding carboxylic acids is 2. The Hall–Kier alpha value is -4.55. The monoisotopic (exact) mass is 652 g/mol.